The summed E-state index contributed by atoms with van der Waals surface area (Å²) in [5, 5.41) is 0.348. The summed E-state index contributed by atoms with van der Waals surface area (Å²) in [7, 11) is 0. The monoisotopic (exact) mass is 676 g/mol. The van der Waals surface area contributed by atoms with Crippen molar-refractivity contribution in [3.8, 4) is 11.4 Å². The Kier molecular flexibility index (Phi) is 10.5. The van der Waals surface area contributed by atoms with E-state index in [1.54, 1.807) is 73.1 Å². The maximum atomic E-state index is 14.6. The van der Waals surface area contributed by atoms with Gasteiger partial charge in [-0.1, -0.05) is 24.3 Å². The maximum absolute atomic E-state index is 14.6. The molecule has 3 aromatic carbocycles. The minimum Gasteiger partial charge on any atom is -0.494 e. The number of rotatable bonds is 11. The Morgan fingerprint density at radius 1 is 0.959 bits per heavy atom. The number of hydrogen-bond donors (Lipinski definition) is 0. The summed E-state index contributed by atoms with van der Waals surface area (Å²) in [5.41, 5.74) is -0.969. The predicted molar refractivity (Wildman–Crippen MR) is 177 cm³/mol. The second-order valence-corrected chi connectivity index (χ2v) is 12.4. The number of pyridine rings is 1. The first-order chi connectivity index (χ1) is 23.2. The Balaban J connectivity index is 1.70. The Hall–Kier alpha value is -5.10. The molecule has 0 aliphatic carbocycles. The van der Waals surface area contributed by atoms with Gasteiger partial charge in [-0.3, -0.25) is 19.1 Å². The molecule has 0 N–H and O–H groups in total. The van der Waals surface area contributed by atoms with Gasteiger partial charge in [0.25, 0.3) is 5.56 Å². The van der Waals surface area contributed by atoms with Crippen LogP contribution in [-0.4, -0.2) is 44.2 Å². The molecule has 8 nitrogen and oxygen atoms in total. The van der Waals surface area contributed by atoms with Crippen molar-refractivity contribution in [2.45, 2.75) is 58.5 Å². The number of para-hydroxylation sites is 1. The first kappa shape index (κ1) is 35.2. The molecule has 0 aliphatic heterocycles. The van der Waals surface area contributed by atoms with E-state index in [2.05, 4.69) is 4.98 Å². The van der Waals surface area contributed by atoms with Crippen molar-refractivity contribution >= 4 is 16.8 Å². The van der Waals surface area contributed by atoms with Gasteiger partial charge in [0.05, 0.1) is 47.4 Å². The molecule has 256 valence electrons. The number of ether oxygens (including phenoxy) is 2. The molecule has 49 heavy (non-hydrogen) atoms. The highest BCUT2D eigenvalue weighted by atomic mass is 19.4. The standard InChI is InChI=1S/C37H36F4N4O4/c1-5-48-27-15-13-26(14-16-27)45-34(43-31-11-7-6-10-28(31)35(45)47)32(23-49-36(2,3)4)44(22-25-9-8-18-42-21-25)33(46)20-24-12-17-29(30(38)19-24)37(39,40)41/h6-19,21,32H,5,20,22-23H2,1-4H3. The molecule has 5 rings (SSSR count). The van der Waals surface area contributed by atoms with Crippen LogP contribution < -0.4 is 10.3 Å². The number of carbonyl (C=O) groups excluding carboxylic acids is 1. The molecule has 0 bridgehead atoms. The maximum Gasteiger partial charge on any atom is 0.419 e. The van der Waals surface area contributed by atoms with Crippen LogP contribution in [0, 0.1) is 5.82 Å². The number of carbonyl (C=O) groups is 1. The molecule has 12 heteroatoms. The van der Waals surface area contributed by atoms with Gasteiger partial charge in [-0.25, -0.2) is 9.37 Å². The molecule has 2 aromatic heterocycles. The van der Waals surface area contributed by atoms with E-state index in [1.807, 2.05) is 27.7 Å². The average Bonchev–Trinajstić information content (AvgIpc) is 3.04. The van der Waals surface area contributed by atoms with E-state index >= 15 is 0 Å². The largest absolute Gasteiger partial charge is 0.494 e. The van der Waals surface area contributed by atoms with Crippen LogP contribution in [0.25, 0.3) is 16.6 Å². The smallest absolute Gasteiger partial charge is 0.419 e. The zero-order valence-corrected chi connectivity index (χ0v) is 27.5. The van der Waals surface area contributed by atoms with Gasteiger partial charge in [-0.15, -0.1) is 0 Å². The molecule has 0 spiro atoms. The van der Waals surface area contributed by atoms with Crippen molar-refractivity contribution in [2.75, 3.05) is 13.2 Å². The molecule has 0 aliphatic rings. The van der Waals surface area contributed by atoms with Gasteiger partial charge in [0.15, 0.2) is 0 Å². The first-order valence-electron chi connectivity index (χ1n) is 15.7. The molecule has 1 unspecified atom stereocenters. The molecule has 2 heterocycles. The van der Waals surface area contributed by atoms with E-state index < -0.39 is 41.5 Å². The summed E-state index contributed by atoms with van der Waals surface area (Å²) in [6.45, 7) is 7.69. The van der Waals surface area contributed by atoms with Gasteiger partial charge in [0, 0.05) is 18.9 Å². The number of amides is 1. The van der Waals surface area contributed by atoms with Gasteiger partial charge in [-0.2, -0.15) is 13.2 Å². The third-order valence-corrected chi connectivity index (χ3v) is 7.65. The summed E-state index contributed by atoms with van der Waals surface area (Å²) >= 11 is 0. The molecule has 5 aromatic rings. The molecular formula is C37H36F4N4O4. The summed E-state index contributed by atoms with van der Waals surface area (Å²) in [6, 6.07) is 18.6. The van der Waals surface area contributed by atoms with Crippen LogP contribution in [0.3, 0.4) is 0 Å². The van der Waals surface area contributed by atoms with E-state index in [-0.39, 0.29) is 30.1 Å². The number of hydrogen-bond acceptors (Lipinski definition) is 6. The molecule has 0 saturated heterocycles. The van der Waals surface area contributed by atoms with Crippen LogP contribution in [0.5, 0.6) is 5.75 Å². The Morgan fingerprint density at radius 3 is 2.33 bits per heavy atom. The van der Waals surface area contributed by atoms with Crippen LogP contribution in [0.4, 0.5) is 17.6 Å². The van der Waals surface area contributed by atoms with Crippen LogP contribution in [0.2, 0.25) is 0 Å². The Morgan fingerprint density at radius 2 is 1.69 bits per heavy atom. The second-order valence-electron chi connectivity index (χ2n) is 12.4. The Bertz CT molecular complexity index is 1970. The molecule has 1 amide bonds. The van der Waals surface area contributed by atoms with Crippen LogP contribution in [-0.2, 0) is 28.7 Å². The van der Waals surface area contributed by atoms with E-state index in [9.17, 15) is 27.2 Å². The van der Waals surface area contributed by atoms with Crippen molar-refractivity contribution in [3.05, 3.63) is 130 Å². The number of fused-ring (bicyclic) bond motifs is 1. The molecular weight excluding hydrogens is 640 g/mol. The lowest BCUT2D eigenvalue weighted by atomic mass is 10.1. The van der Waals surface area contributed by atoms with Crippen molar-refractivity contribution < 1.29 is 31.8 Å². The minimum absolute atomic E-state index is 0.0278. The SMILES string of the molecule is CCOc1ccc(-n2c(C(COC(C)(C)C)N(Cc3cccnc3)C(=O)Cc3ccc(C(F)(F)F)c(F)c3)nc3ccccc3c2=O)cc1. The lowest BCUT2D eigenvalue weighted by Gasteiger charge is -2.35. The van der Waals surface area contributed by atoms with Gasteiger partial charge < -0.3 is 14.4 Å². The Labute approximate surface area is 281 Å². The fourth-order valence-corrected chi connectivity index (χ4v) is 5.35. The van der Waals surface area contributed by atoms with Crippen molar-refractivity contribution in [2.24, 2.45) is 0 Å². The highest BCUT2D eigenvalue weighted by Gasteiger charge is 2.35. The minimum atomic E-state index is -4.89. The fourth-order valence-electron chi connectivity index (χ4n) is 5.35. The van der Waals surface area contributed by atoms with Crippen molar-refractivity contribution in [3.63, 3.8) is 0 Å². The van der Waals surface area contributed by atoms with Gasteiger partial charge in [0.2, 0.25) is 5.91 Å². The summed E-state index contributed by atoms with van der Waals surface area (Å²) in [4.78, 5) is 39.2. The number of alkyl halides is 3. The lowest BCUT2D eigenvalue weighted by Crippen LogP contribution is -2.42. The molecule has 0 saturated carbocycles. The lowest BCUT2D eigenvalue weighted by molar-refractivity contribution is -0.140. The number of halogens is 4. The fraction of sp³-hybridized carbons (Fsp3) is 0.297. The normalized spacial score (nSPS) is 12.6. The summed E-state index contributed by atoms with van der Waals surface area (Å²) in [5.74, 6) is -1.26. The third kappa shape index (κ3) is 8.50. The van der Waals surface area contributed by atoms with Crippen molar-refractivity contribution in [1.82, 2.24) is 19.4 Å². The topological polar surface area (TPSA) is 86.6 Å². The molecule has 1 atom stereocenters. The summed E-state index contributed by atoms with van der Waals surface area (Å²) < 4.78 is 67.8. The van der Waals surface area contributed by atoms with E-state index in [0.29, 0.717) is 46.6 Å². The summed E-state index contributed by atoms with van der Waals surface area (Å²) in [6.07, 6.45) is -2.18. The number of benzene rings is 3. The quantitative estimate of drug-likeness (QED) is 0.135. The average molecular weight is 677 g/mol. The van der Waals surface area contributed by atoms with Gasteiger partial charge in [0.1, 0.15) is 23.4 Å². The van der Waals surface area contributed by atoms with Crippen LogP contribution in [0.1, 0.15) is 56.3 Å². The van der Waals surface area contributed by atoms with Crippen LogP contribution in [0.15, 0.2) is 96.1 Å². The number of aromatic nitrogens is 3. The van der Waals surface area contributed by atoms with E-state index in [4.69, 9.17) is 14.5 Å². The highest BCUT2D eigenvalue weighted by molar-refractivity contribution is 5.80. The molecule has 0 fully saturated rings. The second kappa shape index (κ2) is 14.6. The predicted octanol–water partition coefficient (Wildman–Crippen LogP) is 7.47. The van der Waals surface area contributed by atoms with Gasteiger partial charge in [-0.05, 0) is 93.4 Å². The van der Waals surface area contributed by atoms with E-state index in [1.165, 1.54) is 9.47 Å². The molecule has 0 radical (unpaired) electrons. The van der Waals surface area contributed by atoms with Crippen molar-refractivity contribution in [1.29, 1.82) is 0 Å². The third-order valence-electron chi connectivity index (χ3n) is 7.65. The van der Waals surface area contributed by atoms with Gasteiger partial charge >= 0.3 is 6.18 Å². The van der Waals surface area contributed by atoms with E-state index in [0.717, 1.165) is 6.07 Å². The van der Waals surface area contributed by atoms with Crippen LogP contribution >= 0.6 is 0 Å². The zero-order valence-electron chi connectivity index (χ0n) is 27.5. The zero-order chi connectivity index (χ0) is 35.3. The first-order valence-corrected chi connectivity index (χ1v) is 15.7. The number of nitrogens with zero attached hydrogens (tertiary/aromatic N) is 4. The highest BCUT2D eigenvalue weighted by Crippen LogP contribution is 2.33.